The van der Waals surface area contributed by atoms with Crippen LogP contribution in [-0.2, 0) is 0 Å². The molecule has 0 unspecified atom stereocenters. The second-order valence-electron chi connectivity index (χ2n) is 5.16. The van der Waals surface area contributed by atoms with E-state index in [-0.39, 0.29) is 17.8 Å². The molecule has 2 N–H and O–H groups in total. The summed E-state index contributed by atoms with van der Waals surface area (Å²) < 4.78 is 14.2. The lowest BCUT2D eigenvalue weighted by Gasteiger charge is -2.13. The largest absolute Gasteiger partial charge is 0.351 e. The van der Waals surface area contributed by atoms with Crippen LogP contribution in [0.5, 0.6) is 0 Å². The molecule has 1 aromatic heterocycles. The van der Waals surface area contributed by atoms with Crippen molar-refractivity contribution in [1.29, 1.82) is 0 Å². The number of carbonyl (C=O) groups excluding carboxylic acids is 1. The molecule has 0 radical (unpaired) electrons. The predicted molar refractivity (Wildman–Crippen MR) is 88.3 cm³/mol. The van der Waals surface area contributed by atoms with Crippen LogP contribution >= 0.6 is 15.9 Å². The molecule has 3 aromatic rings. The van der Waals surface area contributed by atoms with Crippen LogP contribution in [0.15, 0.2) is 53.0 Å². The highest BCUT2D eigenvalue weighted by Crippen LogP contribution is 2.21. The Morgan fingerprint density at radius 3 is 2.82 bits per heavy atom. The van der Waals surface area contributed by atoms with E-state index in [9.17, 15) is 9.18 Å². The Morgan fingerprint density at radius 1 is 1.23 bits per heavy atom. The Kier molecular flexibility index (Phi) is 3.98. The standard InChI is InChI=1S/C17H14BrFN2O/c1-10(11-3-2-4-14(19)8-11)20-17(22)16-9-12-7-13(18)5-6-15(12)21-16/h2-10,21H,1H3,(H,20,22)/t10-/m0/s1. The van der Waals surface area contributed by atoms with E-state index in [2.05, 4.69) is 26.2 Å². The summed E-state index contributed by atoms with van der Waals surface area (Å²) in [5, 5.41) is 3.82. The highest BCUT2D eigenvalue weighted by Gasteiger charge is 2.14. The monoisotopic (exact) mass is 360 g/mol. The summed E-state index contributed by atoms with van der Waals surface area (Å²) in [6.07, 6.45) is 0. The average Bonchev–Trinajstić information content (AvgIpc) is 2.90. The topological polar surface area (TPSA) is 44.9 Å². The fourth-order valence-corrected chi connectivity index (χ4v) is 2.74. The number of benzene rings is 2. The molecule has 2 aromatic carbocycles. The molecule has 0 saturated heterocycles. The highest BCUT2D eigenvalue weighted by atomic mass is 79.9. The van der Waals surface area contributed by atoms with Gasteiger partial charge in [-0.15, -0.1) is 0 Å². The predicted octanol–water partition coefficient (Wildman–Crippen LogP) is 4.56. The molecule has 0 bridgehead atoms. The van der Waals surface area contributed by atoms with Crippen molar-refractivity contribution in [2.75, 3.05) is 0 Å². The molecule has 22 heavy (non-hydrogen) atoms. The van der Waals surface area contributed by atoms with Crippen molar-refractivity contribution in [2.45, 2.75) is 13.0 Å². The van der Waals surface area contributed by atoms with E-state index in [1.54, 1.807) is 18.2 Å². The Labute approximate surface area is 135 Å². The fraction of sp³-hybridized carbons (Fsp3) is 0.118. The van der Waals surface area contributed by atoms with Gasteiger partial charge in [-0.3, -0.25) is 4.79 Å². The molecule has 3 rings (SSSR count). The molecule has 1 heterocycles. The average molecular weight is 361 g/mol. The van der Waals surface area contributed by atoms with Crippen molar-refractivity contribution in [3.63, 3.8) is 0 Å². The van der Waals surface area contributed by atoms with Crippen molar-refractivity contribution < 1.29 is 9.18 Å². The first-order valence-electron chi connectivity index (χ1n) is 6.87. The minimum atomic E-state index is -0.311. The summed E-state index contributed by atoms with van der Waals surface area (Å²) >= 11 is 3.41. The molecule has 0 spiro atoms. The second-order valence-corrected chi connectivity index (χ2v) is 6.08. The summed E-state index contributed by atoms with van der Waals surface area (Å²) in [5.74, 6) is -0.529. The summed E-state index contributed by atoms with van der Waals surface area (Å²) in [5.41, 5.74) is 2.11. The number of rotatable bonds is 3. The zero-order valence-electron chi connectivity index (χ0n) is 11.9. The molecule has 1 atom stereocenters. The Bertz CT molecular complexity index is 844. The molecule has 112 valence electrons. The molecule has 0 aliphatic rings. The summed E-state index contributed by atoms with van der Waals surface area (Å²) in [6.45, 7) is 1.83. The smallest absolute Gasteiger partial charge is 0.268 e. The van der Waals surface area contributed by atoms with Crippen molar-refractivity contribution in [3.05, 3.63) is 70.1 Å². The molecule has 3 nitrogen and oxygen atoms in total. The van der Waals surface area contributed by atoms with Crippen LogP contribution in [0, 0.1) is 5.82 Å². The van der Waals surface area contributed by atoms with Crippen LogP contribution in [0.3, 0.4) is 0 Å². The maximum Gasteiger partial charge on any atom is 0.268 e. The Balaban J connectivity index is 1.80. The molecule has 0 aliphatic heterocycles. The number of halogens is 2. The summed E-state index contributed by atoms with van der Waals surface area (Å²) in [4.78, 5) is 15.4. The normalized spacial score (nSPS) is 12.3. The number of aromatic nitrogens is 1. The first kappa shape index (κ1) is 14.8. The number of H-pyrrole nitrogens is 1. The molecular formula is C17H14BrFN2O. The lowest BCUT2D eigenvalue weighted by Crippen LogP contribution is -2.26. The Morgan fingerprint density at radius 2 is 2.05 bits per heavy atom. The van der Waals surface area contributed by atoms with Gasteiger partial charge in [0.05, 0.1) is 6.04 Å². The molecule has 0 saturated carbocycles. The van der Waals surface area contributed by atoms with Crippen molar-refractivity contribution in [1.82, 2.24) is 10.3 Å². The van der Waals surface area contributed by atoms with Gasteiger partial charge in [0.2, 0.25) is 0 Å². The third-order valence-electron chi connectivity index (χ3n) is 3.52. The zero-order chi connectivity index (χ0) is 15.7. The van der Waals surface area contributed by atoms with E-state index in [4.69, 9.17) is 0 Å². The van der Waals surface area contributed by atoms with Gasteiger partial charge in [0.1, 0.15) is 11.5 Å². The van der Waals surface area contributed by atoms with E-state index in [1.165, 1.54) is 12.1 Å². The SMILES string of the molecule is C[C@H](NC(=O)c1cc2cc(Br)ccc2[nH]1)c1cccc(F)c1. The van der Waals surface area contributed by atoms with Gasteiger partial charge in [-0.1, -0.05) is 28.1 Å². The second kappa shape index (κ2) is 5.93. The van der Waals surface area contributed by atoms with Crippen LogP contribution < -0.4 is 5.32 Å². The highest BCUT2D eigenvalue weighted by molar-refractivity contribution is 9.10. The summed E-state index contributed by atoms with van der Waals surface area (Å²) in [7, 11) is 0. The lowest BCUT2D eigenvalue weighted by molar-refractivity contribution is 0.0935. The molecule has 5 heteroatoms. The van der Waals surface area contributed by atoms with Crippen LogP contribution in [0.2, 0.25) is 0 Å². The third-order valence-corrected chi connectivity index (χ3v) is 4.02. The van der Waals surface area contributed by atoms with E-state index in [0.717, 1.165) is 20.9 Å². The number of carbonyl (C=O) groups is 1. The van der Waals surface area contributed by atoms with E-state index < -0.39 is 0 Å². The summed E-state index contributed by atoms with van der Waals surface area (Å²) in [6, 6.07) is 13.5. The molecule has 1 amide bonds. The van der Waals surface area contributed by atoms with Gasteiger partial charge in [-0.05, 0) is 48.9 Å². The minimum Gasteiger partial charge on any atom is -0.351 e. The van der Waals surface area contributed by atoms with Gasteiger partial charge in [0.15, 0.2) is 0 Å². The molecular weight excluding hydrogens is 347 g/mol. The van der Waals surface area contributed by atoms with Gasteiger partial charge in [0, 0.05) is 15.4 Å². The molecule has 0 aliphatic carbocycles. The maximum atomic E-state index is 13.2. The first-order chi connectivity index (χ1) is 10.5. The van der Waals surface area contributed by atoms with Gasteiger partial charge >= 0.3 is 0 Å². The van der Waals surface area contributed by atoms with Gasteiger partial charge in [-0.2, -0.15) is 0 Å². The molecule has 0 fully saturated rings. The number of nitrogens with one attached hydrogen (secondary N) is 2. The number of fused-ring (bicyclic) bond motifs is 1. The van der Waals surface area contributed by atoms with Crippen molar-refractivity contribution in [3.8, 4) is 0 Å². The number of hydrogen-bond acceptors (Lipinski definition) is 1. The van der Waals surface area contributed by atoms with E-state index in [1.807, 2.05) is 25.1 Å². The van der Waals surface area contributed by atoms with E-state index >= 15 is 0 Å². The maximum absolute atomic E-state index is 13.2. The first-order valence-corrected chi connectivity index (χ1v) is 7.67. The van der Waals surface area contributed by atoms with Crippen LogP contribution in [-0.4, -0.2) is 10.9 Å². The third kappa shape index (κ3) is 3.04. The van der Waals surface area contributed by atoms with Gasteiger partial charge in [0.25, 0.3) is 5.91 Å². The Hall–Kier alpha value is -2.14. The lowest BCUT2D eigenvalue weighted by atomic mass is 10.1. The number of amides is 1. The zero-order valence-corrected chi connectivity index (χ0v) is 13.4. The minimum absolute atomic E-state index is 0.218. The number of aromatic amines is 1. The van der Waals surface area contributed by atoms with Crippen LogP contribution in [0.1, 0.15) is 29.0 Å². The number of hydrogen-bond donors (Lipinski definition) is 2. The van der Waals surface area contributed by atoms with Crippen LogP contribution in [0.25, 0.3) is 10.9 Å². The van der Waals surface area contributed by atoms with Crippen LogP contribution in [0.4, 0.5) is 4.39 Å². The fourth-order valence-electron chi connectivity index (χ4n) is 2.36. The van der Waals surface area contributed by atoms with Crippen molar-refractivity contribution in [2.24, 2.45) is 0 Å². The van der Waals surface area contributed by atoms with Crippen molar-refractivity contribution >= 4 is 32.7 Å². The van der Waals surface area contributed by atoms with Gasteiger partial charge < -0.3 is 10.3 Å². The van der Waals surface area contributed by atoms with E-state index in [0.29, 0.717) is 5.69 Å². The van der Waals surface area contributed by atoms with Gasteiger partial charge in [-0.25, -0.2) is 4.39 Å². The quantitative estimate of drug-likeness (QED) is 0.706.